The van der Waals surface area contributed by atoms with E-state index in [4.69, 9.17) is 0 Å². The molecule has 30 heavy (non-hydrogen) atoms. The van der Waals surface area contributed by atoms with Gasteiger partial charge in [0.1, 0.15) is 6.33 Å². The number of sulfonamides is 1. The molecule has 156 valence electrons. The van der Waals surface area contributed by atoms with Gasteiger partial charge < -0.3 is 0 Å². The van der Waals surface area contributed by atoms with Gasteiger partial charge >= 0.3 is 0 Å². The first-order valence-corrected chi connectivity index (χ1v) is 11.6. The fraction of sp³-hybridized carbons (Fsp3) is 0.263. The molecule has 1 aromatic heterocycles. The van der Waals surface area contributed by atoms with Gasteiger partial charge in [-0.15, -0.1) is 5.10 Å². The van der Waals surface area contributed by atoms with E-state index in [1.807, 2.05) is 30.3 Å². The second-order valence-electron chi connectivity index (χ2n) is 6.76. The Bertz CT molecular complexity index is 1160. The number of para-hydroxylation sites is 1. The third-order valence-corrected chi connectivity index (χ3v) is 7.60. The molecule has 2 aromatic carbocycles. The van der Waals surface area contributed by atoms with E-state index < -0.39 is 14.9 Å². The quantitative estimate of drug-likeness (QED) is 0.422. The van der Waals surface area contributed by atoms with Crippen molar-refractivity contribution < 1.29 is 13.3 Å². The summed E-state index contributed by atoms with van der Waals surface area (Å²) in [6.07, 6.45) is 4.11. The maximum absolute atomic E-state index is 12.9. The average molecular weight is 446 g/mol. The van der Waals surface area contributed by atoms with Crippen LogP contribution >= 0.6 is 11.8 Å². The predicted molar refractivity (Wildman–Crippen MR) is 111 cm³/mol. The predicted octanol–water partition coefficient (Wildman–Crippen LogP) is 3.50. The van der Waals surface area contributed by atoms with Gasteiger partial charge in [-0.3, -0.25) is 10.1 Å². The molecule has 11 heteroatoms. The van der Waals surface area contributed by atoms with Gasteiger partial charge in [-0.05, 0) is 48.9 Å². The highest BCUT2D eigenvalue weighted by atomic mass is 32.2. The summed E-state index contributed by atoms with van der Waals surface area (Å²) in [4.78, 5) is 15.5. The third-order valence-electron chi connectivity index (χ3n) is 4.77. The summed E-state index contributed by atoms with van der Waals surface area (Å²) in [6, 6.07) is 13.3. The molecule has 3 aromatic rings. The SMILES string of the molecule is O=[N+]([O-])c1cc(S(=O)(=O)N2CCCCC2)ccc1Sc1ncn(-c2ccccc2)n1. The lowest BCUT2D eigenvalue weighted by Gasteiger charge is -2.25. The number of nitrogens with zero attached hydrogens (tertiary/aromatic N) is 5. The molecule has 0 bridgehead atoms. The van der Waals surface area contributed by atoms with Crippen LogP contribution in [0.1, 0.15) is 19.3 Å². The second-order valence-corrected chi connectivity index (χ2v) is 9.71. The molecule has 0 saturated carbocycles. The van der Waals surface area contributed by atoms with Crippen LogP contribution in [0.25, 0.3) is 5.69 Å². The minimum atomic E-state index is -3.76. The maximum atomic E-state index is 12.9. The molecule has 1 saturated heterocycles. The normalized spacial score (nSPS) is 15.2. The van der Waals surface area contributed by atoms with Gasteiger partial charge in [0, 0.05) is 19.2 Å². The molecule has 0 unspecified atom stereocenters. The first kappa shape index (κ1) is 20.5. The number of benzene rings is 2. The largest absolute Gasteiger partial charge is 0.284 e. The summed E-state index contributed by atoms with van der Waals surface area (Å²) in [5, 5.41) is 16.3. The van der Waals surface area contributed by atoms with Gasteiger partial charge in [-0.1, -0.05) is 24.6 Å². The van der Waals surface area contributed by atoms with Crippen LogP contribution in [0, 0.1) is 10.1 Å². The Kier molecular flexibility index (Phi) is 5.84. The highest BCUT2D eigenvalue weighted by Gasteiger charge is 2.29. The van der Waals surface area contributed by atoms with Crippen molar-refractivity contribution in [1.82, 2.24) is 19.1 Å². The van der Waals surface area contributed by atoms with E-state index in [2.05, 4.69) is 10.1 Å². The molecule has 0 atom stereocenters. The Balaban J connectivity index is 1.62. The van der Waals surface area contributed by atoms with Crippen molar-refractivity contribution in [2.24, 2.45) is 0 Å². The summed E-state index contributed by atoms with van der Waals surface area (Å²) in [7, 11) is -3.76. The lowest BCUT2D eigenvalue weighted by molar-refractivity contribution is -0.388. The monoisotopic (exact) mass is 445 g/mol. The van der Waals surface area contributed by atoms with Gasteiger partial charge in [0.15, 0.2) is 0 Å². The van der Waals surface area contributed by atoms with Crippen LogP contribution in [0.2, 0.25) is 0 Å². The topological polar surface area (TPSA) is 111 Å². The molecule has 0 amide bonds. The van der Waals surface area contributed by atoms with Crippen LogP contribution in [-0.4, -0.2) is 45.5 Å². The Morgan fingerprint density at radius 3 is 2.47 bits per heavy atom. The zero-order valence-corrected chi connectivity index (χ0v) is 17.6. The van der Waals surface area contributed by atoms with Crippen LogP contribution in [0.5, 0.6) is 0 Å². The number of hydrogen-bond donors (Lipinski definition) is 0. The first-order chi connectivity index (χ1) is 14.4. The van der Waals surface area contributed by atoms with E-state index in [0.29, 0.717) is 18.2 Å². The van der Waals surface area contributed by atoms with Crippen molar-refractivity contribution >= 4 is 27.5 Å². The molecule has 2 heterocycles. The van der Waals surface area contributed by atoms with Crippen LogP contribution in [0.3, 0.4) is 0 Å². The molecule has 4 rings (SSSR count). The molecule has 1 fully saturated rings. The van der Waals surface area contributed by atoms with E-state index in [0.717, 1.165) is 42.8 Å². The zero-order valence-electron chi connectivity index (χ0n) is 15.9. The number of nitro benzene ring substituents is 1. The molecular formula is C19H19N5O4S2. The van der Waals surface area contributed by atoms with Crippen LogP contribution in [0.4, 0.5) is 5.69 Å². The number of piperidine rings is 1. The highest BCUT2D eigenvalue weighted by Crippen LogP contribution is 2.35. The van der Waals surface area contributed by atoms with Gasteiger partial charge in [0.2, 0.25) is 15.2 Å². The fourth-order valence-corrected chi connectivity index (χ4v) is 5.58. The molecule has 9 nitrogen and oxygen atoms in total. The number of nitro groups is 1. The molecule has 0 radical (unpaired) electrons. The molecular weight excluding hydrogens is 426 g/mol. The highest BCUT2D eigenvalue weighted by molar-refractivity contribution is 7.99. The zero-order chi connectivity index (χ0) is 21.1. The summed E-state index contributed by atoms with van der Waals surface area (Å²) in [6.45, 7) is 0.876. The summed E-state index contributed by atoms with van der Waals surface area (Å²) >= 11 is 1.02. The van der Waals surface area contributed by atoms with E-state index in [1.54, 1.807) is 4.68 Å². The number of hydrogen-bond acceptors (Lipinski definition) is 7. The third kappa shape index (κ3) is 4.23. The summed E-state index contributed by atoms with van der Waals surface area (Å²) in [5.74, 6) is 0. The van der Waals surface area contributed by atoms with Crippen LogP contribution in [0.15, 0.2) is 69.8 Å². The van der Waals surface area contributed by atoms with Gasteiger partial charge in [-0.25, -0.2) is 18.1 Å². The van der Waals surface area contributed by atoms with Crippen molar-refractivity contribution in [1.29, 1.82) is 0 Å². The standard InChI is InChI=1S/C19H19N5O4S2/c25-24(26)17-13-16(30(27,28)22-11-5-2-6-12-22)9-10-18(17)29-19-20-14-23(21-19)15-7-3-1-4-8-15/h1,3-4,7-10,13-14H,2,5-6,11-12H2. The first-order valence-electron chi connectivity index (χ1n) is 9.39. The van der Waals surface area contributed by atoms with Crippen LogP contribution in [-0.2, 0) is 10.0 Å². The Labute approximate surface area is 177 Å². The fourth-order valence-electron chi connectivity index (χ4n) is 3.24. The van der Waals surface area contributed by atoms with Crippen molar-refractivity contribution in [2.75, 3.05) is 13.1 Å². The second kappa shape index (κ2) is 8.54. The molecule has 0 N–H and O–H groups in total. The lowest BCUT2D eigenvalue weighted by Crippen LogP contribution is -2.35. The Morgan fingerprint density at radius 2 is 1.77 bits per heavy atom. The van der Waals surface area contributed by atoms with Crippen molar-refractivity contribution in [2.45, 2.75) is 34.2 Å². The minimum Gasteiger partial charge on any atom is -0.258 e. The average Bonchev–Trinajstić information content (AvgIpc) is 3.23. The Morgan fingerprint density at radius 1 is 1.03 bits per heavy atom. The van der Waals surface area contributed by atoms with E-state index in [-0.39, 0.29) is 15.5 Å². The number of aromatic nitrogens is 3. The van der Waals surface area contributed by atoms with Gasteiger partial charge in [-0.2, -0.15) is 4.31 Å². The van der Waals surface area contributed by atoms with E-state index in [9.17, 15) is 18.5 Å². The Hall–Kier alpha value is -2.76. The van der Waals surface area contributed by atoms with Gasteiger partial charge in [0.25, 0.3) is 5.69 Å². The summed E-state index contributed by atoms with van der Waals surface area (Å²) in [5.41, 5.74) is 0.531. The molecule has 0 aliphatic carbocycles. The molecule has 1 aliphatic rings. The number of rotatable bonds is 6. The van der Waals surface area contributed by atoms with Crippen molar-refractivity contribution in [3.63, 3.8) is 0 Å². The lowest BCUT2D eigenvalue weighted by atomic mass is 10.2. The molecule has 1 aliphatic heterocycles. The smallest absolute Gasteiger partial charge is 0.258 e. The molecule has 0 spiro atoms. The van der Waals surface area contributed by atoms with E-state index >= 15 is 0 Å². The minimum absolute atomic E-state index is 0.0665. The van der Waals surface area contributed by atoms with Gasteiger partial charge in [0.05, 0.1) is 20.4 Å². The maximum Gasteiger partial charge on any atom is 0.284 e. The van der Waals surface area contributed by atoms with Crippen molar-refractivity contribution in [3.8, 4) is 5.69 Å². The van der Waals surface area contributed by atoms with Crippen LogP contribution < -0.4 is 0 Å². The summed E-state index contributed by atoms with van der Waals surface area (Å²) < 4.78 is 28.7. The van der Waals surface area contributed by atoms with E-state index in [1.165, 1.54) is 22.8 Å². The van der Waals surface area contributed by atoms with Crippen molar-refractivity contribution in [3.05, 3.63) is 65.0 Å².